The SMILES string of the molecule is NC1=NCC(c2ccccc2)N1c1cccc(F)c1. The summed E-state index contributed by atoms with van der Waals surface area (Å²) in [6.07, 6.45) is 0. The van der Waals surface area contributed by atoms with Gasteiger partial charge < -0.3 is 10.6 Å². The zero-order valence-corrected chi connectivity index (χ0v) is 10.3. The van der Waals surface area contributed by atoms with Gasteiger partial charge in [-0.1, -0.05) is 36.4 Å². The Morgan fingerprint density at radius 3 is 2.63 bits per heavy atom. The third-order valence-corrected chi connectivity index (χ3v) is 3.26. The second-order valence-corrected chi connectivity index (χ2v) is 4.48. The molecular weight excluding hydrogens is 241 g/mol. The van der Waals surface area contributed by atoms with E-state index in [2.05, 4.69) is 4.99 Å². The molecule has 1 heterocycles. The van der Waals surface area contributed by atoms with Crippen molar-refractivity contribution in [2.24, 2.45) is 10.7 Å². The van der Waals surface area contributed by atoms with Gasteiger partial charge >= 0.3 is 0 Å². The second-order valence-electron chi connectivity index (χ2n) is 4.48. The van der Waals surface area contributed by atoms with Crippen molar-refractivity contribution in [2.75, 3.05) is 11.4 Å². The molecule has 2 aromatic rings. The highest BCUT2D eigenvalue weighted by atomic mass is 19.1. The molecule has 1 unspecified atom stereocenters. The Hall–Kier alpha value is -2.36. The minimum atomic E-state index is -0.274. The molecule has 1 atom stereocenters. The van der Waals surface area contributed by atoms with Crippen molar-refractivity contribution in [3.05, 3.63) is 66.0 Å². The highest BCUT2D eigenvalue weighted by molar-refractivity contribution is 5.97. The lowest BCUT2D eigenvalue weighted by molar-refractivity contribution is 0.626. The number of anilines is 1. The molecule has 4 heteroatoms. The van der Waals surface area contributed by atoms with Crippen molar-refractivity contribution >= 4 is 11.6 Å². The summed E-state index contributed by atoms with van der Waals surface area (Å²) >= 11 is 0. The molecule has 0 bridgehead atoms. The van der Waals surface area contributed by atoms with Crippen LogP contribution >= 0.6 is 0 Å². The first kappa shape index (κ1) is 11.7. The zero-order valence-electron chi connectivity index (χ0n) is 10.3. The first-order valence-corrected chi connectivity index (χ1v) is 6.15. The molecule has 2 aromatic carbocycles. The minimum Gasteiger partial charge on any atom is -0.369 e. The fraction of sp³-hybridized carbons (Fsp3) is 0.133. The maximum Gasteiger partial charge on any atom is 0.196 e. The van der Waals surface area contributed by atoms with Crippen LogP contribution in [0.2, 0.25) is 0 Å². The van der Waals surface area contributed by atoms with Crippen LogP contribution in [0.3, 0.4) is 0 Å². The Balaban J connectivity index is 1.99. The van der Waals surface area contributed by atoms with Crippen molar-refractivity contribution in [3.63, 3.8) is 0 Å². The predicted molar refractivity (Wildman–Crippen MR) is 74.6 cm³/mol. The van der Waals surface area contributed by atoms with Crippen molar-refractivity contribution in [2.45, 2.75) is 6.04 Å². The average molecular weight is 255 g/mol. The van der Waals surface area contributed by atoms with Gasteiger partial charge in [-0.25, -0.2) is 4.39 Å². The Kier molecular flexibility index (Phi) is 2.91. The number of benzene rings is 2. The summed E-state index contributed by atoms with van der Waals surface area (Å²) in [6.45, 7) is 0.590. The van der Waals surface area contributed by atoms with Gasteiger partial charge in [-0.3, -0.25) is 4.99 Å². The fourth-order valence-electron chi connectivity index (χ4n) is 2.37. The summed E-state index contributed by atoms with van der Waals surface area (Å²) in [5, 5.41) is 0. The van der Waals surface area contributed by atoms with Gasteiger partial charge in [0.25, 0.3) is 0 Å². The molecule has 19 heavy (non-hydrogen) atoms. The fourth-order valence-corrected chi connectivity index (χ4v) is 2.37. The molecule has 0 aromatic heterocycles. The van der Waals surface area contributed by atoms with Gasteiger partial charge in [0, 0.05) is 5.69 Å². The van der Waals surface area contributed by atoms with Crippen LogP contribution in [0.4, 0.5) is 10.1 Å². The number of nitrogens with zero attached hydrogens (tertiary/aromatic N) is 2. The third kappa shape index (κ3) is 2.17. The summed E-state index contributed by atoms with van der Waals surface area (Å²) in [5.74, 6) is 0.156. The quantitative estimate of drug-likeness (QED) is 0.896. The van der Waals surface area contributed by atoms with Crippen molar-refractivity contribution < 1.29 is 4.39 Å². The molecule has 0 fully saturated rings. The molecule has 0 radical (unpaired) electrons. The van der Waals surface area contributed by atoms with Crippen molar-refractivity contribution in [3.8, 4) is 0 Å². The van der Waals surface area contributed by atoms with E-state index in [1.54, 1.807) is 6.07 Å². The van der Waals surface area contributed by atoms with Crippen LogP contribution in [0.15, 0.2) is 59.6 Å². The maximum atomic E-state index is 13.4. The largest absolute Gasteiger partial charge is 0.369 e. The summed E-state index contributed by atoms with van der Waals surface area (Å²) in [4.78, 5) is 6.15. The van der Waals surface area contributed by atoms with Crippen LogP contribution in [-0.4, -0.2) is 12.5 Å². The average Bonchev–Trinajstić information content (AvgIpc) is 2.82. The topological polar surface area (TPSA) is 41.6 Å². The van der Waals surface area contributed by atoms with Crippen molar-refractivity contribution in [1.29, 1.82) is 0 Å². The number of aliphatic imine (C=N–C) groups is 1. The van der Waals surface area contributed by atoms with Gasteiger partial charge in [0.1, 0.15) is 5.82 Å². The van der Waals surface area contributed by atoms with E-state index in [0.29, 0.717) is 12.5 Å². The van der Waals surface area contributed by atoms with Gasteiger partial charge in [-0.05, 0) is 23.8 Å². The van der Waals surface area contributed by atoms with Gasteiger partial charge in [0.05, 0.1) is 12.6 Å². The summed E-state index contributed by atoms with van der Waals surface area (Å²) in [7, 11) is 0. The first-order valence-electron chi connectivity index (χ1n) is 6.15. The van der Waals surface area contributed by atoms with Gasteiger partial charge in [-0.15, -0.1) is 0 Å². The number of halogens is 1. The number of hydrogen-bond acceptors (Lipinski definition) is 3. The number of guanidine groups is 1. The van der Waals surface area contributed by atoms with Crippen LogP contribution in [-0.2, 0) is 0 Å². The van der Waals surface area contributed by atoms with Crippen LogP contribution in [0.1, 0.15) is 11.6 Å². The van der Waals surface area contributed by atoms with Crippen molar-refractivity contribution in [1.82, 2.24) is 0 Å². The second kappa shape index (κ2) is 4.72. The third-order valence-electron chi connectivity index (χ3n) is 3.26. The lowest BCUT2D eigenvalue weighted by atomic mass is 10.1. The van der Waals surface area contributed by atoms with Crippen LogP contribution < -0.4 is 10.6 Å². The lowest BCUT2D eigenvalue weighted by Crippen LogP contribution is -2.36. The molecule has 0 amide bonds. The molecule has 0 saturated heterocycles. The molecule has 0 saturated carbocycles. The Morgan fingerprint density at radius 1 is 1.11 bits per heavy atom. The van der Waals surface area contributed by atoms with E-state index in [1.165, 1.54) is 12.1 Å². The number of nitrogens with two attached hydrogens (primary N) is 1. The molecule has 2 N–H and O–H groups in total. The molecule has 1 aliphatic heterocycles. The van der Waals surface area contributed by atoms with E-state index >= 15 is 0 Å². The van der Waals surface area contributed by atoms with Gasteiger partial charge in [0.2, 0.25) is 0 Å². The van der Waals surface area contributed by atoms with E-state index in [9.17, 15) is 4.39 Å². The van der Waals surface area contributed by atoms with E-state index in [1.807, 2.05) is 41.3 Å². The van der Waals surface area contributed by atoms with Gasteiger partial charge in [-0.2, -0.15) is 0 Å². The molecule has 0 spiro atoms. The van der Waals surface area contributed by atoms with E-state index in [-0.39, 0.29) is 11.9 Å². The zero-order chi connectivity index (χ0) is 13.2. The summed E-state index contributed by atoms with van der Waals surface area (Å²) < 4.78 is 13.4. The summed E-state index contributed by atoms with van der Waals surface area (Å²) in [6, 6.07) is 16.4. The smallest absolute Gasteiger partial charge is 0.196 e. The standard InChI is InChI=1S/C15H14FN3/c16-12-7-4-8-13(9-12)19-14(10-18-15(19)17)11-5-2-1-3-6-11/h1-9,14H,10H2,(H2,17,18). The summed E-state index contributed by atoms with van der Waals surface area (Å²) in [5.41, 5.74) is 7.79. The highest BCUT2D eigenvalue weighted by Crippen LogP contribution is 2.31. The lowest BCUT2D eigenvalue weighted by Gasteiger charge is -2.26. The van der Waals surface area contributed by atoms with Crippen LogP contribution in [0, 0.1) is 5.82 Å². The van der Waals surface area contributed by atoms with Gasteiger partial charge in [0.15, 0.2) is 5.96 Å². The number of hydrogen-bond donors (Lipinski definition) is 1. The van der Waals surface area contributed by atoms with E-state index in [0.717, 1.165) is 11.3 Å². The molecule has 1 aliphatic rings. The Labute approximate surface area is 111 Å². The van der Waals surface area contributed by atoms with Crippen LogP contribution in [0.5, 0.6) is 0 Å². The molecule has 96 valence electrons. The predicted octanol–water partition coefficient (Wildman–Crippen LogP) is 2.70. The van der Waals surface area contributed by atoms with Crippen LogP contribution in [0.25, 0.3) is 0 Å². The minimum absolute atomic E-state index is 0.0306. The molecule has 0 aliphatic carbocycles. The monoisotopic (exact) mass is 255 g/mol. The molecule has 3 rings (SSSR count). The Morgan fingerprint density at radius 2 is 1.89 bits per heavy atom. The van der Waals surface area contributed by atoms with E-state index < -0.39 is 0 Å². The molecular formula is C15H14FN3. The van der Waals surface area contributed by atoms with E-state index in [4.69, 9.17) is 5.73 Å². The normalized spacial score (nSPS) is 18.5. The maximum absolute atomic E-state index is 13.4. The first-order chi connectivity index (χ1) is 9.25. The number of rotatable bonds is 2. The molecule has 3 nitrogen and oxygen atoms in total. The highest BCUT2D eigenvalue weighted by Gasteiger charge is 2.28. The Bertz CT molecular complexity index is 610.